The van der Waals surface area contributed by atoms with Gasteiger partial charge in [0.15, 0.2) is 0 Å². The average Bonchev–Trinajstić information content (AvgIpc) is 3.11. The molecule has 2 aromatic heterocycles. The van der Waals surface area contributed by atoms with Gasteiger partial charge in [-0.25, -0.2) is 4.68 Å². The maximum absolute atomic E-state index is 11.8. The van der Waals surface area contributed by atoms with Crippen molar-refractivity contribution in [2.75, 3.05) is 7.05 Å². The molecule has 3 rings (SSSR count). The summed E-state index contributed by atoms with van der Waals surface area (Å²) in [5, 5.41) is 16.4. The number of pyridine rings is 1. The number of aromatic nitrogens is 3. The summed E-state index contributed by atoms with van der Waals surface area (Å²) in [5.74, 6) is -0.435. The molecule has 0 aliphatic heterocycles. The molecule has 25 heavy (non-hydrogen) atoms. The molecular weight excluding hydrogens is 314 g/mol. The van der Waals surface area contributed by atoms with E-state index in [2.05, 4.69) is 15.4 Å². The monoisotopic (exact) mass is 329 g/mol. The molecule has 3 aromatic rings. The highest BCUT2D eigenvalue weighted by Crippen LogP contribution is 2.25. The van der Waals surface area contributed by atoms with Crippen molar-refractivity contribution < 1.29 is 4.79 Å². The first-order chi connectivity index (χ1) is 12.2. The summed E-state index contributed by atoms with van der Waals surface area (Å²) in [7, 11) is 1.49. The smallest absolute Gasteiger partial charge is 0.261 e. The standard InChI is InChI=1S/C19H15N5O/c1-21-19(25)15(12-20)11-16-13-24(17-5-3-2-4-6-17)23-18(16)14-7-9-22-10-8-14/h2-11,13H,1H3,(H,21,25)/b15-11+. The number of nitrogens with zero attached hydrogens (tertiary/aromatic N) is 4. The second-order valence-corrected chi connectivity index (χ2v) is 5.20. The number of carbonyl (C=O) groups is 1. The van der Waals surface area contributed by atoms with Gasteiger partial charge >= 0.3 is 0 Å². The van der Waals surface area contributed by atoms with Gasteiger partial charge in [0.2, 0.25) is 0 Å². The van der Waals surface area contributed by atoms with Crippen LogP contribution in [-0.2, 0) is 4.79 Å². The summed E-state index contributed by atoms with van der Waals surface area (Å²) in [6, 6.07) is 15.2. The van der Waals surface area contributed by atoms with Crippen LogP contribution in [0.1, 0.15) is 5.56 Å². The van der Waals surface area contributed by atoms with Crippen LogP contribution < -0.4 is 5.32 Å². The highest BCUT2D eigenvalue weighted by molar-refractivity contribution is 6.02. The number of nitriles is 1. The van der Waals surface area contributed by atoms with Crippen LogP contribution in [0.3, 0.4) is 0 Å². The van der Waals surface area contributed by atoms with Crippen molar-refractivity contribution in [1.29, 1.82) is 5.26 Å². The summed E-state index contributed by atoms with van der Waals surface area (Å²) in [6.07, 6.45) is 6.69. The zero-order valence-corrected chi connectivity index (χ0v) is 13.5. The van der Waals surface area contributed by atoms with E-state index in [1.807, 2.05) is 48.5 Å². The van der Waals surface area contributed by atoms with Crippen molar-refractivity contribution in [3.8, 4) is 23.0 Å². The average molecular weight is 329 g/mol. The van der Waals surface area contributed by atoms with Gasteiger partial charge < -0.3 is 5.32 Å². The Kier molecular flexibility index (Phi) is 4.67. The molecule has 1 aromatic carbocycles. The molecule has 0 radical (unpaired) electrons. The summed E-state index contributed by atoms with van der Waals surface area (Å²) in [6.45, 7) is 0. The molecule has 0 fully saturated rings. The van der Waals surface area contributed by atoms with Gasteiger partial charge in [0.1, 0.15) is 17.3 Å². The number of hydrogen-bond donors (Lipinski definition) is 1. The van der Waals surface area contributed by atoms with Crippen LogP contribution in [0.25, 0.3) is 23.0 Å². The van der Waals surface area contributed by atoms with E-state index in [9.17, 15) is 10.1 Å². The lowest BCUT2D eigenvalue weighted by Gasteiger charge is -2.00. The third kappa shape index (κ3) is 3.46. The molecule has 0 atom stereocenters. The lowest BCUT2D eigenvalue weighted by Crippen LogP contribution is -2.19. The van der Waals surface area contributed by atoms with E-state index in [4.69, 9.17) is 0 Å². The maximum atomic E-state index is 11.8. The first-order valence-electron chi connectivity index (χ1n) is 7.62. The summed E-state index contributed by atoms with van der Waals surface area (Å²) >= 11 is 0. The molecular formula is C19H15N5O. The van der Waals surface area contributed by atoms with E-state index in [1.54, 1.807) is 29.3 Å². The number of rotatable bonds is 4. The maximum Gasteiger partial charge on any atom is 0.261 e. The second kappa shape index (κ2) is 7.23. The number of para-hydroxylation sites is 1. The van der Waals surface area contributed by atoms with Crippen molar-refractivity contribution in [2.45, 2.75) is 0 Å². The van der Waals surface area contributed by atoms with Gasteiger partial charge in [-0.05, 0) is 30.3 Å². The van der Waals surface area contributed by atoms with Crippen molar-refractivity contribution in [2.24, 2.45) is 0 Å². The topological polar surface area (TPSA) is 83.6 Å². The van der Waals surface area contributed by atoms with Crippen molar-refractivity contribution in [3.63, 3.8) is 0 Å². The predicted octanol–water partition coefficient (Wildman–Crippen LogP) is 2.59. The van der Waals surface area contributed by atoms with Gasteiger partial charge in [0.25, 0.3) is 5.91 Å². The molecule has 0 bridgehead atoms. The predicted molar refractivity (Wildman–Crippen MR) is 94.5 cm³/mol. The Hall–Kier alpha value is -3.72. The highest BCUT2D eigenvalue weighted by Gasteiger charge is 2.14. The Morgan fingerprint density at radius 1 is 1.20 bits per heavy atom. The number of amides is 1. The Bertz CT molecular complexity index is 952. The minimum atomic E-state index is -0.435. The Balaban J connectivity index is 2.16. The van der Waals surface area contributed by atoms with Gasteiger partial charge in [-0.15, -0.1) is 0 Å². The molecule has 2 heterocycles. The second-order valence-electron chi connectivity index (χ2n) is 5.20. The van der Waals surface area contributed by atoms with E-state index >= 15 is 0 Å². The molecule has 6 heteroatoms. The third-order valence-electron chi connectivity index (χ3n) is 3.61. The summed E-state index contributed by atoms with van der Waals surface area (Å²) in [5.41, 5.74) is 3.10. The largest absolute Gasteiger partial charge is 0.354 e. The third-order valence-corrected chi connectivity index (χ3v) is 3.61. The van der Waals surface area contributed by atoms with Crippen molar-refractivity contribution in [1.82, 2.24) is 20.1 Å². The normalized spacial score (nSPS) is 11.0. The van der Waals surface area contributed by atoms with E-state index in [-0.39, 0.29) is 5.57 Å². The van der Waals surface area contributed by atoms with Crippen LogP contribution in [0.4, 0.5) is 0 Å². The first kappa shape index (κ1) is 16.1. The molecule has 0 aliphatic carbocycles. The van der Waals surface area contributed by atoms with E-state index in [0.717, 1.165) is 11.3 Å². The van der Waals surface area contributed by atoms with Crippen LogP contribution in [0, 0.1) is 11.3 Å². The molecule has 0 spiro atoms. The zero-order chi connectivity index (χ0) is 17.6. The summed E-state index contributed by atoms with van der Waals surface area (Å²) in [4.78, 5) is 15.9. The molecule has 1 N–H and O–H groups in total. The van der Waals surface area contributed by atoms with E-state index < -0.39 is 5.91 Å². The molecule has 0 unspecified atom stereocenters. The minimum Gasteiger partial charge on any atom is -0.354 e. The van der Waals surface area contributed by atoms with Gasteiger partial charge in [-0.3, -0.25) is 9.78 Å². The van der Waals surface area contributed by atoms with Gasteiger partial charge in [-0.1, -0.05) is 18.2 Å². The van der Waals surface area contributed by atoms with Gasteiger partial charge in [0.05, 0.1) is 5.69 Å². The Labute approximate surface area is 145 Å². The first-order valence-corrected chi connectivity index (χ1v) is 7.62. The highest BCUT2D eigenvalue weighted by atomic mass is 16.1. The molecule has 1 amide bonds. The van der Waals surface area contributed by atoms with Crippen molar-refractivity contribution >= 4 is 12.0 Å². The Morgan fingerprint density at radius 3 is 2.56 bits per heavy atom. The van der Waals surface area contributed by atoms with Crippen LogP contribution in [0.2, 0.25) is 0 Å². The fourth-order valence-corrected chi connectivity index (χ4v) is 2.38. The fraction of sp³-hybridized carbons (Fsp3) is 0.0526. The van der Waals surface area contributed by atoms with Crippen LogP contribution in [0.15, 0.2) is 66.6 Å². The van der Waals surface area contributed by atoms with Gasteiger partial charge in [0, 0.05) is 36.8 Å². The van der Waals surface area contributed by atoms with Gasteiger partial charge in [-0.2, -0.15) is 10.4 Å². The van der Waals surface area contributed by atoms with Crippen LogP contribution in [0.5, 0.6) is 0 Å². The number of carbonyl (C=O) groups excluding carboxylic acids is 1. The number of nitrogens with one attached hydrogen (secondary N) is 1. The molecule has 122 valence electrons. The quantitative estimate of drug-likeness (QED) is 0.589. The van der Waals surface area contributed by atoms with E-state index in [1.165, 1.54) is 7.05 Å². The Morgan fingerprint density at radius 2 is 1.92 bits per heavy atom. The van der Waals surface area contributed by atoms with E-state index in [0.29, 0.717) is 11.3 Å². The van der Waals surface area contributed by atoms with Crippen LogP contribution in [-0.4, -0.2) is 27.7 Å². The lowest BCUT2D eigenvalue weighted by atomic mass is 10.1. The molecule has 6 nitrogen and oxygen atoms in total. The fourth-order valence-electron chi connectivity index (χ4n) is 2.38. The number of likely N-dealkylation sites (N-methyl/N-ethyl adjacent to an activating group) is 1. The molecule has 0 aliphatic rings. The van der Waals surface area contributed by atoms with Crippen LogP contribution >= 0.6 is 0 Å². The number of benzene rings is 1. The minimum absolute atomic E-state index is 0.0189. The van der Waals surface area contributed by atoms with Crippen molar-refractivity contribution in [3.05, 3.63) is 72.2 Å². The number of hydrogen-bond acceptors (Lipinski definition) is 4. The SMILES string of the molecule is CNC(=O)/C(C#N)=C/c1cn(-c2ccccc2)nc1-c1ccncc1. The molecule has 0 saturated heterocycles. The lowest BCUT2D eigenvalue weighted by molar-refractivity contribution is -0.116. The summed E-state index contributed by atoms with van der Waals surface area (Å²) < 4.78 is 1.72. The molecule has 0 saturated carbocycles. The zero-order valence-electron chi connectivity index (χ0n) is 13.5.